The third-order valence-electron chi connectivity index (χ3n) is 3.02. The molecule has 2 aromatic heterocycles. The zero-order valence-electron chi connectivity index (χ0n) is 11.8. The van der Waals surface area contributed by atoms with Crippen molar-refractivity contribution in [1.29, 1.82) is 0 Å². The monoisotopic (exact) mass is 275 g/mol. The summed E-state index contributed by atoms with van der Waals surface area (Å²) in [5.74, 6) is 0.304. The molecule has 2 heterocycles. The van der Waals surface area contributed by atoms with Crippen LogP contribution in [0.5, 0.6) is 0 Å². The van der Waals surface area contributed by atoms with Crippen molar-refractivity contribution in [1.82, 2.24) is 14.2 Å². The number of esters is 1. The van der Waals surface area contributed by atoms with E-state index in [0.29, 0.717) is 11.3 Å². The van der Waals surface area contributed by atoms with Gasteiger partial charge >= 0.3 is 5.97 Å². The van der Waals surface area contributed by atoms with E-state index in [1.165, 1.54) is 7.11 Å². The Morgan fingerprint density at radius 2 is 2.25 bits per heavy atom. The highest BCUT2D eigenvalue weighted by molar-refractivity contribution is 5.69. The first-order valence-electron chi connectivity index (χ1n) is 6.30. The molecule has 0 atom stereocenters. The Hall–Kier alpha value is -2.37. The first-order valence-corrected chi connectivity index (χ1v) is 6.30. The smallest absolute Gasteiger partial charge is 0.327 e. The van der Waals surface area contributed by atoms with E-state index in [0.717, 1.165) is 10.2 Å². The molecule has 0 N–H and O–H groups in total. The number of hydrogen-bond acceptors (Lipinski definition) is 4. The number of aromatic nitrogens is 3. The number of ether oxygens (including phenoxy) is 1. The zero-order chi connectivity index (χ0) is 14.9. The number of nitrogens with zero attached hydrogens (tertiary/aromatic N) is 3. The second-order valence-corrected chi connectivity index (χ2v) is 4.78. The van der Waals surface area contributed by atoms with E-state index in [9.17, 15) is 9.59 Å². The molecular weight excluding hydrogens is 258 g/mol. The van der Waals surface area contributed by atoms with Gasteiger partial charge in [-0.15, -0.1) is 0 Å². The molecule has 0 bridgehead atoms. The van der Waals surface area contributed by atoms with Crippen LogP contribution in [-0.4, -0.2) is 27.3 Å². The highest BCUT2D eigenvalue weighted by Gasteiger charge is 2.15. The maximum absolute atomic E-state index is 12.3. The molecule has 0 aromatic carbocycles. The molecule has 0 spiro atoms. The molecule has 0 fully saturated rings. The summed E-state index contributed by atoms with van der Waals surface area (Å²) in [5, 5.41) is 4.27. The maximum atomic E-state index is 12.3. The van der Waals surface area contributed by atoms with Crippen LogP contribution in [0.3, 0.4) is 0 Å². The van der Waals surface area contributed by atoms with Gasteiger partial charge in [-0.05, 0) is 11.6 Å². The molecule has 0 aliphatic rings. The molecule has 0 aliphatic carbocycles. The second kappa shape index (κ2) is 5.32. The van der Waals surface area contributed by atoms with Gasteiger partial charge in [-0.3, -0.25) is 14.0 Å². The van der Waals surface area contributed by atoms with Gasteiger partial charge in [-0.2, -0.15) is 5.10 Å². The molecule has 0 saturated carbocycles. The lowest BCUT2D eigenvalue weighted by Crippen LogP contribution is -2.30. The van der Waals surface area contributed by atoms with E-state index in [-0.39, 0.29) is 18.0 Å². The topological polar surface area (TPSA) is 65.6 Å². The van der Waals surface area contributed by atoms with E-state index in [1.54, 1.807) is 16.5 Å². The molecular formula is C14H17N3O3. The van der Waals surface area contributed by atoms with Crippen LogP contribution in [0.1, 0.15) is 31.2 Å². The second-order valence-electron chi connectivity index (χ2n) is 4.78. The molecule has 2 rings (SSSR count). The average molecular weight is 275 g/mol. The number of rotatable bonds is 4. The number of fused-ring (bicyclic) bond motifs is 1. The van der Waals surface area contributed by atoms with Crippen LogP contribution >= 0.6 is 0 Å². The van der Waals surface area contributed by atoms with Crippen molar-refractivity contribution in [2.24, 2.45) is 0 Å². The van der Waals surface area contributed by atoms with Gasteiger partial charge in [-0.25, -0.2) is 4.68 Å². The van der Waals surface area contributed by atoms with E-state index in [4.69, 9.17) is 0 Å². The fourth-order valence-corrected chi connectivity index (χ4v) is 1.99. The van der Waals surface area contributed by atoms with Gasteiger partial charge in [0.05, 0.1) is 7.11 Å². The molecule has 0 saturated heterocycles. The Bertz CT molecular complexity index is 725. The standard InChI is InChI=1S/C14H17N3O3/c1-5-10-6-11-14(19)17(8-12(18)20-4)15-13(9(2)3)16(11)7-10/h5-7,9H,1,8H2,2-4H3. The van der Waals surface area contributed by atoms with E-state index < -0.39 is 5.97 Å². The summed E-state index contributed by atoms with van der Waals surface area (Å²) in [7, 11) is 1.28. The van der Waals surface area contributed by atoms with Gasteiger partial charge in [0.25, 0.3) is 5.56 Å². The van der Waals surface area contributed by atoms with E-state index >= 15 is 0 Å². The Balaban J connectivity index is 2.71. The lowest BCUT2D eigenvalue weighted by atomic mass is 10.2. The SMILES string of the molecule is C=Cc1cc2c(=O)n(CC(=O)OC)nc(C(C)C)n2c1. The first-order chi connectivity index (χ1) is 9.47. The summed E-state index contributed by atoms with van der Waals surface area (Å²) < 4.78 is 7.48. The number of carbonyl (C=O) groups excluding carboxylic acids is 1. The normalized spacial score (nSPS) is 11.0. The fraction of sp³-hybridized carbons (Fsp3) is 0.357. The minimum Gasteiger partial charge on any atom is -0.468 e. The Morgan fingerprint density at radius 1 is 1.55 bits per heavy atom. The number of carbonyl (C=O) groups is 1. The summed E-state index contributed by atoms with van der Waals surface area (Å²) in [6.07, 6.45) is 3.48. The van der Waals surface area contributed by atoms with Gasteiger partial charge < -0.3 is 4.74 Å². The van der Waals surface area contributed by atoms with Crippen LogP contribution in [-0.2, 0) is 16.1 Å². The third kappa shape index (κ3) is 2.36. The molecule has 0 radical (unpaired) electrons. The van der Waals surface area contributed by atoms with Crippen molar-refractivity contribution < 1.29 is 9.53 Å². The van der Waals surface area contributed by atoms with Crippen molar-refractivity contribution in [3.63, 3.8) is 0 Å². The fourth-order valence-electron chi connectivity index (χ4n) is 1.99. The van der Waals surface area contributed by atoms with Crippen LogP contribution < -0.4 is 5.56 Å². The molecule has 0 amide bonds. The Kier molecular flexibility index (Phi) is 3.74. The summed E-state index contributed by atoms with van der Waals surface area (Å²) >= 11 is 0. The molecule has 0 aliphatic heterocycles. The van der Waals surface area contributed by atoms with Gasteiger partial charge in [0.2, 0.25) is 0 Å². The molecule has 20 heavy (non-hydrogen) atoms. The minimum atomic E-state index is -0.505. The summed E-state index contributed by atoms with van der Waals surface area (Å²) in [6.45, 7) is 7.45. The lowest BCUT2D eigenvalue weighted by Gasteiger charge is -2.11. The number of hydrogen-bond donors (Lipinski definition) is 0. The van der Waals surface area contributed by atoms with Crippen molar-refractivity contribution in [2.45, 2.75) is 26.3 Å². The van der Waals surface area contributed by atoms with Gasteiger partial charge in [0.15, 0.2) is 0 Å². The quantitative estimate of drug-likeness (QED) is 0.792. The maximum Gasteiger partial charge on any atom is 0.327 e. The lowest BCUT2D eigenvalue weighted by molar-refractivity contribution is -0.141. The first kappa shape index (κ1) is 14.0. The Labute approximate surface area is 116 Å². The van der Waals surface area contributed by atoms with Crippen LogP contribution in [0.25, 0.3) is 11.6 Å². The highest BCUT2D eigenvalue weighted by atomic mass is 16.5. The Morgan fingerprint density at radius 3 is 2.80 bits per heavy atom. The number of methoxy groups -OCH3 is 1. The van der Waals surface area contributed by atoms with Gasteiger partial charge in [-0.1, -0.05) is 26.5 Å². The predicted molar refractivity (Wildman–Crippen MR) is 75.6 cm³/mol. The van der Waals surface area contributed by atoms with E-state index in [1.807, 2.05) is 20.0 Å². The summed E-state index contributed by atoms with van der Waals surface area (Å²) in [6, 6.07) is 1.73. The van der Waals surface area contributed by atoms with Crippen molar-refractivity contribution in [2.75, 3.05) is 7.11 Å². The van der Waals surface area contributed by atoms with E-state index in [2.05, 4.69) is 16.4 Å². The molecule has 6 heteroatoms. The van der Waals surface area contributed by atoms with Crippen LogP contribution in [0.15, 0.2) is 23.6 Å². The average Bonchev–Trinajstić information content (AvgIpc) is 2.85. The zero-order valence-corrected chi connectivity index (χ0v) is 11.8. The predicted octanol–water partition coefficient (Wildman–Crippen LogP) is 1.44. The molecule has 6 nitrogen and oxygen atoms in total. The third-order valence-corrected chi connectivity index (χ3v) is 3.02. The van der Waals surface area contributed by atoms with Crippen LogP contribution in [0.4, 0.5) is 0 Å². The minimum absolute atomic E-state index is 0.104. The van der Waals surface area contributed by atoms with Crippen molar-refractivity contribution in [3.8, 4) is 0 Å². The van der Waals surface area contributed by atoms with Gasteiger partial charge in [0, 0.05) is 12.1 Å². The highest BCUT2D eigenvalue weighted by Crippen LogP contribution is 2.15. The molecule has 2 aromatic rings. The van der Waals surface area contributed by atoms with Crippen molar-refractivity contribution in [3.05, 3.63) is 40.6 Å². The molecule has 0 unspecified atom stereocenters. The summed E-state index contributed by atoms with van der Waals surface area (Å²) in [5.41, 5.74) is 0.983. The largest absolute Gasteiger partial charge is 0.468 e. The summed E-state index contributed by atoms with van der Waals surface area (Å²) in [4.78, 5) is 23.7. The van der Waals surface area contributed by atoms with Crippen molar-refractivity contribution >= 4 is 17.6 Å². The van der Waals surface area contributed by atoms with Gasteiger partial charge in [0.1, 0.15) is 17.9 Å². The molecule has 106 valence electrons. The van der Waals surface area contributed by atoms with Crippen LogP contribution in [0.2, 0.25) is 0 Å². The van der Waals surface area contributed by atoms with Crippen LogP contribution in [0, 0.1) is 0 Å².